The minimum Gasteiger partial charge on any atom is -0.372 e. The van der Waals surface area contributed by atoms with Gasteiger partial charge in [0.2, 0.25) is 0 Å². The summed E-state index contributed by atoms with van der Waals surface area (Å²) in [6.45, 7) is 8.14. The second kappa shape index (κ2) is 10.2. The quantitative estimate of drug-likeness (QED) is 0.340. The molecule has 3 rings (SSSR count). The van der Waals surface area contributed by atoms with Crippen molar-refractivity contribution in [3.63, 3.8) is 0 Å². The highest BCUT2D eigenvalue weighted by Crippen LogP contribution is 2.31. The molecule has 3 aromatic rings. The van der Waals surface area contributed by atoms with Crippen LogP contribution in [-0.2, 0) is 6.18 Å². The molecule has 8 heteroatoms. The zero-order valence-corrected chi connectivity index (χ0v) is 18.1. The van der Waals surface area contributed by atoms with Crippen molar-refractivity contribution in [1.82, 2.24) is 0 Å². The van der Waals surface area contributed by atoms with Gasteiger partial charge in [-0.05, 0) is 93.1 Å². The summed E-state index contributed by atoms with van der Waals surface area (Å²) < 4.78 is 37.8. The van der Waals surface area contributed by atoms with Gasteiger partial charge < -0.3 is 4.90 Å². The van der Waals surface area contributed by atoms with Crippen molar-refractivity contribution < 1.29 is 13.2 Å². The molecule has 0 spiro atoms. The number of aryl methyl sites for hydroxylation is 1. The zero-order chi connectivity index (χ0) is 23.1. The Bertz CT molecular complexity index is 1080. The lowest BCUT2D eigenvalue weighted by Gasteiger charge is -2.21. The molecule has 32 heavy (non-hydrogen) atoms. The summed E-state index contributed by atoms with van der Waals surface area (Å²) in [5, 5.41) is 16.6. The number of benzene rings is 3. The van der Waals surface area contributed by atoms with Crippen LogP contribution >= 0.6 is 0 Å². The maximum atomic E-state index is 12.6. The number of rotatable bonds is 7. The standard InChI is InChI=1S/C24H24F3N5/c1-4-32(5-2)22-14-15-23(17(3)16-22)31-30-21-12-10-20(11-13-21)29-28-19-8-6-18(7-9-19)24(25,26)27/h6-16H,4-5H2,1-3H3/b29-28+,31-30+. The smallest absolute Gasteiger partial charge is 0.372 e. The van der Waals surface area contributed by atoms with E-state index in [4.69, 9.17) is 0 Å². The third-order valence-corrected chi connectivity index (χ3v) is 4.91. The fourth-order valence-electron chi connectivity index (χ4n) is 3.07. The van der Waals surface area contributed by atoms with Crippen LogP contribution < -0.4 is 4.90 Å². The first-order chi connectivity index (χ1) is 15.3. The Labute approximate surface area is 185 Å². The third-order valence-electron chi connectivity index (χ3n) is 4.91. The van der Waals surface area contributed by atoms with Crippen molar-refractivity contribution in [2.45, 2.75) is 26.9 Å². The fourth-order valence-corrected chi connectivity index (χ4v) is 3.07. The van der Waals surface area contributed by atoms with Crippen molar-refractivity contribution in [3.05, 3.63) is 77.9 Å². The molecule has 0 aliphatic carbocycles. The zero-order valence-electron chi connectivity index (χ0n) is 18.1. The van der Waals surface area contributed by atoms with Gasteiger partial charge in [-0.2, -0.15) is 33.6 Å². The molecular formula is C24H24F3N5. The van der Waals surface area contributed by atoms with Gasteiger partial charge in [-0.15, -0.1) is 0 Å². The lowest BCUT2D eigenvalue weighted by Crippen LogP contribution is -2.21. The van der Waals surface area contributed by atoms with E-state index in [1.165, 1.54) is 12.1 Å². The maximum Gasteiger partial charge on any atom is 0.416 e. The molecule has 0 heterocycles. The van der Waals surface area contributed by atoms with Crippen LogP contribution in [0.2, 0.25) is 0 Å². The third kappa shape index (κ3) is 6.00. The van der Waals surface area contributed by atoms with Crippen LogP contribution in [0.4, 0.5) is 41.6 Å². The number of nitrogens with zero attached hydrogens (tertiary/aromatic N) is 5. The molecule has 0 aromatic heterocycles. The van der Waals surface area contributed by atoms with E-state index in [9.17, 15) is 13.2 Å². The summed E-state index contributed by atoms with van der Waals surface area (Å²) in [7, 11) is 0. The topological polar surface area (TPSA) is 52.7 Å². The van der Waals surface area contributed by atoms with E-state index >= 15 is 0 Å². The molecule has 166 valence electrons. The Balaban J connectivity index is 1.66. The number of hydrogen-bond donors (Lipinski definition) is 0. The Morgan fingerprint density at radius 3 is 1.59 bits per heavy atom. The molecule has 0 fully saturated rings. The second-order valence-corrected chi connectivity index (χ2v) is 7.10. The summed E-state index contributed by atoms with van der Waals surface area (Å²) in [5.41, 5.74) is 3.84. The Kier molecular flexibility index (Phi) is 7.35. The first kappa shape index (κ1) is 23.1. The van der Waals surface area contributed by atoms with E-state index in [1.807, 2.05) is 19.1 Å². The second-order valence-electron chi connectivity index (χ2n) is 7.10. The minimum atomic E-state index is -4.37. The molecule has 0 radical (unpaired) electrons. The lowest BCUT2D eigenvalue weighted by molar-refractivity contribution is -0.137. The van der Waals surface area contributed by atoms with Gasteiger partial charge in [-0.3, -0.25) is 0 Å². The van der Waals surface area contributed by atoms with Gasteiger partial charge in [-0.25, -0.2) is 0 Å². The molecule has 0 unspecified atom stereocenters. The van der Waals surface area contributed by atoms with Crippen LogP contribution in [0.15, 0.2) is 87.2 Å². The highest BCUT2D eigenvalue weighted by molar-refractivity contribution is 5.58. The molecule has 0 aliphatic rings. The summed E-state index contributed by atoms with van der Waals surface area (Å²) in [6.07, 6.45) is -4.37. The number of halogens is 3. The highest BCUT2D eigenvalue weighted by Gasteiger charge is 2.29. The summed E-state index contributed by atoms with van der Waals surface area (Å²) in [4.78, 5) is 2.27. The van der Waals surface area contributed by atoms with E-state index in [1.54, 1.807) is 24.3 Å². The monoisotopic (exact) mass is 439 g/mol. The Morgan fingerprint density at radius 2 is 1.16 bits per heavy atom. The SMILES string of the molecule is CCN(CC)c1ccc(/N=N/c2ccc(/N=N/c3ccc(C(F)(F)F)cc3)cc2)c(C)c1. The number of anilines is 1. The van der Waals surface area contributed by atoms with E-state index < -0.39 is 11.7 Å². The van der Waals surface area contributed by atoms with Crippen LogP contribution in [0.5, 0.6) is 0 Å². The van der Waals surface area contributed by atoms with E-state index in [2.05, 4.69) is 45.3 Å². The van der Waals surface area contributed by atoms with Gasteiger partial charge in [0.25, 0.3) is 0 Å². The van der Waals surface area contributed by atoms with Crippen molar-refractivity contribution in [3.8, 4) is 0 Å². The van der Waals surface area contributed by atoms with E-state index in [0.29, 0.717) is 17.1 Å². The predicted octanol–water partition coefficient (Wildman–Crippen LogP) is 8.69. The normalized spacial score (nSPS) is 12.1. The summed E-state index contributed by atoms with van der Waals surface area (Å²) in [5.74, 6) is 0. The largest absolute Gasteiger partial charge is 0.416 e. The lowest BCUT2D eigenvalue weighted by atomic mass is 10.1. The van der Waals surface area contributed by atoms with Crippen molar-refractivity contribution in [1.29, 1.82) is 0 Å². The van der Waals surface area contributed by atoms with E-state index in [0.717, 1.165) is 42.2 Å². The van der Waals surface area contributed by atoms with Crippen LogP contribution in [0, 0.1) is 6.92 Å². The van der Waals surface area contributed by atoms with Gasteiger partial charge in [0.1, 0.15) is 0 Å². The molecule has 5 nitrogen and oxygen atoms in total. The molecule has 0 saturated heterocycles. The molecule has 3 aromatic carbocycles. The summed E-state index contributed by atoms with van der Waals surface area (Å²) >= 11 is 0. The summed E-state index contributed by atoms with van der Waals surface area (Å²) in [6, 6.07) is 17.6. The van der Waals surface area contributed by atoms with Crippen LogP contribution in [0.1, 0.15) is 25.0 Å². The average Bonchev–Trinajstić information content (AvgIpc) is 2.78. The predicted molar refractivity (Wildman–Crippen MR) is 121 cm³/mol. The average molecular weight is 439 g/mol. The van der Waals surface area contributed by atoms with Gasteiger partial charge in [0, 0.05) is 18.8 Å². The van der Waals surface area contributed by atoms with E-state index in [-0.39, 0.29) is 0 Å². The minimum absolute atomic E-state index is 0.338. The van der Waals surface area contributed by atoms with Crippen molar-refractivity contribution in [2.75, 3.05) is 18.0 Å². The molecular weight excluding hydrogens is 415 g/mol. The molecule has 0 saturated carbocycles. The molecule has 0 amide bonds. The maximum absolute atomic E-state index is 12.6. The number of hydrogen-bond acceptors (Lipinski definition) is 5. The Morgan fingerprint density at radius 1 is 0.688 bits per heavy atom. The van der Waals surface area contributed by atoms with Crippen LogP contribution in [0.3, 0.4) is 0 Å². The first-order valence-corrected chi connectivity index (χ1v) is 10.3. The van der Waals surface area contributed by atoms with Gasteiger partial charge in [-0.1, -0.05) is 0 Å². The van der Waals surface area contributed by atoms with Gasteiger partial charge >= 0.3 is 6.18 Å². The molecule has 0 aliphatic heterocycles. The highest BCUT2D eigenvalue weighted by atomic mass is 19.4. The van der Waals surface area contributed by atoms with Crippen LogP contribution in [-0.4, -0.2) is 13.1 Å². The number of azo groups is 2. The Hall–Kier alpha value is -3.55. The van der Waals surface area contributed by atoms with Gasteiger partial charge in [0.05, 0.1) is 28.3 Å². The fraction of sp³-hybridized carbons (Fsp3) is 0.250. The number of alkyl halides is 3. The van der Waals surface area contributed by atoms with Crippen molar-refractivity contribution in [2.24, 2.45) is 20.5 Å². The molecule has 0 atom stereocenters. The molecule has 0 N–H and O–H groups in total. The van der Waals surface area contributed by atoms with Crippen LogP contribution in [0.25, 0.3) is 0 Å². The molecule has 0 bridgehead atoms. The first-order valence-electron chi connectivity index (χ1n) is 10.3. The van der Waals surface area contributed by atoms with Crippen molar-refractivity contribution >= 4 is 28.4 Å². The van der Waals surface area contributed by atoms with Gasteiger partial charge in [0.15, 0.2) is 0 Å².